The van der Waals surface area contributed by atoms with Crippen LogP contribution in [0.2, 0.25) is 0 Å². The normalized spacial score (nSPS) is 11.4. The van der Waals surface area contributed by atoms with Gasteiger partial charge in [0.2, 0.25) is 10.0 Å². The Hall–Kier alpha value is -1.92. The van der Waals surface area contributed by atoms with E-state index in [1.165, 1.54) is 6.07 Å². The monoisotopic (exact) mass is 291 g/mol. The van der Waals surface area contributed by atoms with Crippen molar-refractivity contribution < 1.29 is 8.42 Å². The fraction of sp³-hybridized carbons (Fsp3) is 0.214. The number of rotatable bonds is 5. The number of nitrogens with one attached hydrogen (secondary N) is 1. The molecule has 3 N–H and O–H groups in total. The highest BCUT2D eigenvalue weighted by molar-refractivity contribution is 7.89. The molecule has 20 heavy (non-hydrogen) atoms. The number of nitrogens with two attached hydrogens (primary N) is 1. The molecular formula is C14H17N3O2S. The molecule has 5 nitrogen and oxygen atoms in total. The summed E-state index contributed by atoms with van der Waals surface area (Å²) in [5, 5.41) is 0. The number of benzene rings is 1. The van der Waals surface area contributed by atoms with E-state index < -0.39 is 10.0 Å². The molecule has 1 aromatic heterocycles. The minimum absolute atomic E-state index is 0.177. The zero-order valence-electron chi connectivity index (χ0n) is 11.2. The number of pyridine rings is 1. The van der Waals surface area contributed by atoms with E-state index in [4.69, 9.17) is 5.73 Å². The summed E-state index contributed by atoms with van der Waals surface area (Å²) in [6.45, 7) is 2.17. The van der Waals surface area contributed by atoms with Crippen molar-refractivity contribution in [3.63, 3.8) is 0 Å². The number of nitrogen functional groups attached to an aromatic ring is 1. The molecule has 1 aromatic carbocycles. The van der Waals surface area contributed by atoms with Crippen LogP contribution in [-0.4, -0.2) is 13.4 Å². The van der Waals surface area contributed by atoms with Crippen molar-refractivity contribution in [2.45, 2.75) is 24.8 Å². The van der Waals surface area contributed by atoms with Crippen LogP contribution in [-0.2, 0) is 23.0 Å². The van der Waals surface area contributed by atoms with Crippen molar-refractivity contribution in [1.29, 1.82) is 0 Å². The van der Waals surface area contributed by atoms with E-state index in [0.717, 1.165) is 17.5 Å². The maximum absolute atomic E-state index is 12.2. The molecule has 0 radical (unpaired) electrons. The Bertz CT molecular complexity index is 685. The molecule has 0 atom stereocenters. The molecule has 2 rings (SSSR count). The first kappa shape index (κ1) is 14.5. The van der Waals surface area contributed by atoms with Crippen LogP contribution < -0.4 is 10.5 Å². The first-order valence-corrected chi connectivity index (χ1v) is 7.78. The second-order valence-corrected chi connectivity index (χ2v) is 6.17. The number of nitrogens with zero attached hydrogens (tertiary/aromatic N) is 1. The maximum Gasteiger partial charge on any atom is 0.240 e. The van der Waals surface area contributed by atoms with Crippen LogP contribution in [0.25, 0.3) is 0 Å². The summed E-state index contributed by atoms with van der Waals surface area (Å²) in [6, 6.07) is 8.38. The van der Waals surface area contributed by atoms with Crippen molar-refractivity contribution in [3.8, 4) is 0 Å². The van der Waals surface area contributed by atoms with Crippen LogP contribution in [0.15, 0.2) is 47.6 Å². The number of anilines is 1. The van der Waals surface area contributed by atoms with E-state index in [-0.39, 0.29) is 11.4 Å². The molecule has 0 aliphatic carbocycles. The lowest BCUT2D eigenvalue weighted by molar-refractivity contribution is 0.581. The second-order valence-electron chi connectivity index (χ2n) is 4.40. The Labute approximate surface area is 118 Å². The molecule has 0 bridgehead atoms. The van der Waals surface area contributed by atoms with Gasteiger partial charge in [-0.3, -0.25) is 4.98 Å². The van der Waals surface area contributed by atoms with E-state index in [1.54, 1.807) is 30.6 Å². The Morgan fingerprint density at radius 2 is 2.10 bits per heavy atom. The number of sulfonamides is 1. The molecule has 0 spiro atoms. The smallest absolute Gasteiger partial charge is 0.240 e. The average molecular weight is 291 g/mol. The summed E-state index contributed by atoms with van der Waals surface area (Å²) >= 11 is 0. The van der Waals surface area contributed by atoms with Gasteiger partial charge in [0.05, 0.1) is 4.90 Å². The van der Waals surface area contributed by atoms with E-state index >= 15 is 0 Å². The summed E-state index contributed by atoms with van der Waals surface area (Å²) in [5.74, 6) is 0. The topological polar surface area (TPSA) is 85.1 Å². The van der Waals surface area contributed by atoms with Crippen LogP contribution in [0.3, 0.4) is 0 Å². The standard InChI is InChI=1S/C14H17N3O2S/c1-2-12-5-6-13(8-14(12)15)20(18,19)17-10-11-4-3-7-16-9-11/h3-9,17H,2,10,15H2,1H3. The van der Waals surface area contributed by atoms with Gasteiger partial charge >= 0.3 is 0 Å². The Kier molecular flexibility index (Phi) is 4.36. The van der Waals surface area contributed by atoms with Gasteiger partial charge in [0.15, 0.2) is 0 Å². The van der Waals surface area contributed by atoms with E-state index in [2.05, 4.69) is 9.71 Å². The summed E-state index contributed by atoms with van der Waals surface area (Å²) < 4.78 is 26.9. The highest BCUT2D eigenvalue weighted by Crippen LogP contribution is 2.18. The van der Waals surface area contributed by atoms with Gasteiger partial charge in [0.1, 0.15) is 0 Å². The largest absolute Gasteiger partial charge is 0.398 e. The predicted molar refractivity (Wildman–Crippen MR) is 78.5 cm³/mol. The number of aromatic nitrogens is 1. The van der Waals surface area contributed by atoms with Crippen LogP contribution in [0.4, 0.5) is 5.69 Å². The van der Waals surface area contributed by atoms with Gasteiger partial charge in [-0.25, -0.2) is 13.1 Å². The van der Waals surface area contributed by atoms with E-state index in [9.17, 15) is 8.42 Å². The van der Waals surface area contributed by atoms with Gasteiger partial charge in [-0.1, -0.05) is 19.1 Å². The van der Waals surface area contributed by atoms with E-state index in [1.807, 2.05) is 13.0 Å². The lowest BCUT2D eigenvalue weighted by Gasteiger charge is -2.09. The van der Waals surface area contributed by atoms with Gasteiger partial charge in [0, 0.05) is 24.6 Å². The summed E-state index contributed by atoms with van der Waals surface area (Å²) in [6.07, 6.45) is 4.04. The second kappa shape index (κ2) is 6.02. The number of aryl methyl sites for hydroxylation is 1. The van der Waals surface area contributed by atoms with Crippen LogP contribution >= 0.6 is 0 Å². The summed E-state index contributed by atoms with van der Waals surface area (Å²) in [4.78, 5) is 4.12. The van der Waals surface area contributed by atoms with Crippen molar-refractivity contribution in [2.24, 2.45) is 0 Å². The van der Waals surface area contributed by atoms with Gasteiger partial charge in [-0.2, -0.15) is 0 Å². The molecule has 1 heterocycles. The molecule has 2 aromatic rings. The van der Waals surface area contributed by atoms with Crippen molar-refractivity contribution in [3.05, 3.63) is 53.9 Å². The zero-order chi connectivity index (χ0) is 14.6. The highest BCUT2D eigenvalue weighted by atomic mass is 32.2. The summed E-state index contributed by atoms with van der Waals surface area (Å²) in [7, 11) is -3.56. The zero-order valence-corrected chi connectivity index (χ0v) is 12.0. The van der Waals surface area contributed by atoms with Gasteiger partial charge in [-0.15, -0.1) is 0 Å². The highest BCUT2D eigenvalue weighted by Gasteiger charge is 2.14. The fourth-order valence-electron chi connectivity index (χ4n) is 1.83. The number of hydrogen-bond donors (Lipinski definition) is 2. The third-order valence-electron chi connectivity index (χ3n) is 3.00. The maximum atomic E-state index is 12.2. The molecule has 0 fully saturated rings. The molecule has 6 heteroatoms. The first-order valence-electron chi connectivity index (χ1n) is 6.30. The molecule has 0 aliphatic rings. The van der Waals surface area contributed by atoms with Gasteiger partial charge < -0.3 is 5.73 Å². The fourth-order valence-corrected chi connectivity index (χ4v) is 2.88. The minimum Gasteiger partial charge on any atom is -0.398 e. The van der Waals surface area contributed by atoms with Gasteiger partial charge in [0.25, 0.3) is 0 Å². The molecule has 0 saturated heterocycles. The molecule has 106 valence electrons. The quantitative estimate of drug-likeness (QED) is 0.821. The third-order valence-corrected chi connectivity index (χ3v) is 4.40. The molecule has 0 amide bonds. The molecule has 0 saturated carbocycles. The van der Waals surface area contributed by atoms with Crippen LogP contribution in [0.1, 0.15) is 18.1 Å². The third kappa shape index (κ3) is 3.34. The van der Waals surface area contributed by atoms with Crippen LogP contribution in [0.5, 0.6) is 0 Å². The van der Waals surface area contributed by atoms with Crippen molar-refractivity contribution in [1.82, 2.24) is 9.71 Å². The lowest BCUT2D eigenvalue weighted by Crippen LogP contribution is -2.23. The first-order chi connectivity index (χ1) is 9.53. The number of hydrogen-bond acceptors (Lipinski definition) is 4. The Morgan fingerprint density at radius 3 is 2.70 bits per heavy atom. The minimum atomic E-state index is -3.56. The molecule has 0 aliphatic heterocycles. The molecule has 0 unspecified atom stereocenters. The average Bonchev–Trinajstić information content (AvgIpc) is 2.46. The van der Waals surface area contributed by atoms with Crippen molar-refractivity contribution in [2.75, 3.05) is 5.73 Å². The van der Waals surface area contributed by atoms with Gasteiger partial charge in [-0.05, 0) is 35.7 Å². The van der Waals surface area contributed by atoms with Crippen LogP contribution in [0, 0.1) is 0 Å². The van der Waals surface area contributed by atoms with Crippen molar-refractivity contribution >= 4 is 15.7 Å². The Balaban J connectivity index is 2.16. The predicted octanol–water partition coefficient (Wildman–Crippen LogP) is 1.70. The Morgan fingerprint density at radius 1 is 1.30 bits per heavy atom. The SMILES string of the molecule is CCc1ccc(S(=O)(=O)NCc2cccnc2)cc1N. The van der Waals surface area contributed by atoms with E-state index in [0.29, 0.717) is 5.69 Å². The molecular weight excluding hydrogens is 274 g/mol. The summed E-state index contributed by atoms with van der Waals surface area (Å²) in [5.41, 5.74) is 8.07. The lowest BCUT2D eigenvalue weighted by atomic mass is 10.1.